The maximum atomic E-state index is 13.5. The lowest BCUT2D eigenvalue weighted by Crippen LogP contribution is -2.50. The Bertz CT molecular complexity index is 1370. The van der Waals surface area contributed by atoms with Crippen LogP contribution in [0.25, 0.3) is 0 Å². The van der Waals surface area contributed by atoms with Crippen LogP contribution in [0.2, 0.25) is 0 Å². The lowest BCUT2D eigenvalue weighted by atomic mass is 9.85. The van der Waals surface area contributed by atoms with Crippen molar-refractivity contribution < 1.29 is 18.8 Å². The van der Waals surface area contributed by atoms with Crippen LogP contribution in [0.5, 0.6) is 0 Å². The smallest absolute Gasteiger partial charge is 0.253 e. The first-order chi connectivity index (χ1) is 19.9. The molecule has 2 aliphatic rings. The van der Waals surface area contributed by atoms with Gasteiger partial charge in [-0.25, -0.2) is 4.39 Å². The minimum Gasteiger partial charge on any atom is -0.367 e. The molecule has 7 nitrogen and oxygen atoms in total. The van der Waals surface area contributed by atoms with Crippen molar-refractivity contribution in [3.8, 4) is 0 Å². The van der Waals surface area contributed by atoms with E-state index in [-0.39, 0.29) is 41.9 Å². The Morgan fingerprint density at radius 1 is 0.927 bits per heavy atom. The third-order valence-electron chi connectivity index (χ3n) is 8.19. The average molecular weight is 557 g/mol. The van der Waals surface area contributed by atoms with Crippen molar-refractivity contribution in [1.29, 1.82) is 0 Å². The summed E-state index contributed by atoms with van der Waals surface area (Å²) in [5.74, 6) is -0.642. The second kappa shape index (κ2) is 13.0. The molecule has 1 saturated carbocycles. The van der Waals surface area contributed by atoms with Gasteiger partial charge in [0.1, 0.15) is 5.82 Å². The number of hydrogen-bond donors (Lipinski definition) is 2. The van der Waals surface area contributed by atoms with Crippen molar-refractivity contribution >= 4 is 29.1 Å². The average Bonchev–Trinajstić information content (AvgIpc) is 2.97. The van der Waals surface area contributed by atoms with Gasteiger partial charge in [-0.15, -0.1) is 0 Å². The first-order valence-electron chi connectivity index (χ1n) is 14.5. The van der Waals surface area contributed by atoms with Crippen molar-refractivity contribution in [2.45, 2.75) is 45.1 Å². The predicted octanol–water partition coefficient (Wildman–Crippen LogP) is 5.34. The maximum absolute atomic E-state index is 13.5. The molecule has 41 heavy (non-hydrogen) atoms. The zero-order chi connectivity index (χ0) is 28.8. The van der Waals surface area contributed by atoms with E-state index in [9.17, 15) is 18.8 Å². The standard InChI is InChI=1S/C33H37FN4O3/c1-2-28(24-7-4-3-5-8-24)33(41)38-19-17-37(18-20-38)30-16-15-27(36-31(39)25-9-6-10-25)21-29(30)32(40)35-22-23-11-13-26(34)14-12-23/h3-5,7-8,11-16,21,25,28H,2,6,9-10,17-20,22H2,1H3,(H,35,40)(H,36,39)/t28-/m1/s1. The summed E-state index contributed by atoms with van der Waals surface area (Å²) in [5, 5.41) is 5.92. The monoisotopic (exact) mass is 556 g/mol. The summed E-state index contributed by atoms with van der Waals surface area (Å²) in [7, 11) is 0. The number of rotatable bonds is 9. The third-order valence-corrected chi connectivity index (χ3v) is 8.19. The van der Waals surface area contributed by atoms with Crippen LogP contribution in [0.3, 0.4) is 0 Å². The Kier molecular flexibility index (Phi) is 8.97. The molecule has 8 heteroatoms. The molecule has 5 rings (SSSR count). The van der Waals surface area contributed by atoms with Crippen LogP contribution in [-0.2, 0) is 16.1 Å². The SMILES string of the molecule is CC[C@@H](C(=O)N1CCN(c2ccc(NC(=O)C3CCC3)cc2C(=O)NCc2ccc(F)cc2)CC1)c1ccccc1. The fraction of sp³-hybridized carbons (Fsp3) is 0.364. The molecule has 1 aliphatic heterocycles. The number of anilines is 2. The summed E-state index contributed by atoms with van der Waals surface area (Å²) in [6.45, 7) is 4.56. The van der Waals surface area contributed by atoms with Crippen LogP contribution in [0, 0.1) is 11.7 Å². The van der Waals surface area contributed by atoms with Crippen molar-refractivity contribution in [1.82, 2.24) is 10.2 Å². The minimum absolute atomic E-state index is 0.0160. The molecule has 0 bridgehead atoms. The number of carbonyl (C=O) groups excluding carboxylic acids is 3. The number of nitrogens with one attached hydrogen (secondary N) is 2. The van der Waals surface area contributed by atoms with Gasteiger partial charge < -0.3 is 20.4 Å². The van der Waals surface area contributed by atoms with E-state index in [2.05, 4.69) is 15.5 Å². The van der Waals surface area contributed by atoms with Crippen molar-refractivity contribution in [3.63, 3.8) is 0 Å². The highest BCUT2D eigenvalue weighted by Crippen LogP contribution is 2.30. The molecule has 2 fully saturated rings. The first-order valence-corrected chi connectivity index (χ1v) is 14.5. The molecule has 3 amide bonds. The molecule has 0 spiro atoms. The Balaban J connectivity index is 1.30. The third kappa shape index (κ3) is 6.76. The van der Waals surface area contributed by atoms with Crippen LogP contribution >= 0.6 is 0 Å². The molecular formula is C33H37FN4O3. The fourth-order valence-corrected chi connectivity index (χ4v) is 5.49. The molecule has 3 aromatic rings. The van der Waals surface area contributed by atoms with Gasteiger partial charge in [-0.05, 0) is 60.7 Å². The van der Waals surface area contributed by atoms with Gasteiger partial charge in [0.25, 0.3) is 5.91 Å². The zero-order valence-corrected chi connectivity index (χ0v) is 23.4. The number of hydrogen-bond acceptors (Lipinski definition) is 4. The van der Waals surface area contributed by atoms with Gasteiger partial charge in [-0.2, -0.15) is 0 Å². The zero-order valence-electron chi connectivity index (χ0n) is 23.4. The van der Waals surface area contributed by atoms with Crippen LogP contribution in [-0.4, -0.2) is 48.8 Å². The largest absolute Gasteiger partial charge is 0.367 e. The fourth-order valence-electron chi connectivity index (χ4n) is 5.49. The lowest BCUT2D eigenvalue weighted by molar-refractivity contribution is -0.133. The van der Waals surface area contributed by atoms with Gasteiger partial charge in [-0.3, -0.25) is 14.4 Å². The number of piperazine rings is 1. The van der Waals surface area contributed by atoms with Crippen LogP contribution in [0.4, 0.5) is 15.8 Å². The highest BCUT2D eigenvalue weighted by Gasteiger charge is 2.29. The quantitative estimate of drug-likeness (QED) is 0.373. The van der Waals surface area contributed by atoms with Gasteiger partial charge in [0.15, 0.2) is 0 Å². The molecule has 3 aromatic carbocycles. The van der Waals surface area contributed by atoms with E-state index in [1.54, 1.807) is 18.2 Å². The van der Waals surface area contributed by atoms with E-state index >= 15 is 0 Å². The molecule has 214 valence electrons. The van der Waals surface area contributed by atoms with Gasteiger partial charge >= 0.3 is 0 Å². The molecule has 1 saturated heterocycles. The minimum atomic E-state index is -0.330. The summed E-state index contributed by atoms with van der Waals surface area (Å²) in [4.78, 5) is 43.5. The van der Waals surface area contributed by atoms with E-state index in [4.69, 9.17) is 0 Å². The van der Waals surface area contributed by atoms with Gasteiger partial charge in [0.05, 0.1) is 11.5 Å². The Morgan fingerprint density at radius 3 is 2.27 bits per heavy atom. The second-order valence-electron chi connectivity index (χ2n) is 10.8. The number of halogens is 1. The number of carbonyl (C=O) groups is 3. The molecule has 1 atom stereocenters. The maximum Gasteiger partial charge on any atom is 0.253 e. The molecule has 2 N–H and O–H groups in total. The molecule has 0 aromatic heterocycles. The molecule has 1 aliphatic carbocycles. The number of amides is 3. The number of benzene rings is 3. The van der Waals surface area contributed by atoms with E-state index in [1.165, 1.54) is 12.1 Å². The van der Waals surface area contributed by atoms with Gasteiger partial charge in [0.2, 0.25) is 11.8 Å². The lowest BCUT2D eigenvalue weighted by Gasteiger charge is -2.38. The summed E-state index contributed by atoms with van der Waals surface area (Å²) >= 11 is 0. The summed E-state index contributed by atoms with van der Waals surface area (Å²) < 4.78 is 13.3. The van der Waals surface area contributed by atoms with Crippen molar-refractivity contribution in [3.05, 3.63) is 95.3 Å². The summed E-state index contributed by atoms with van der Waals surface area (Å²) in [6, 6.07) is 21.3. The van der Waals surface area contributed by atoms with E-state index in [0.717, 1.165) is 42.5 Å². The van der Waals surface area contributed by atoms with Crippen LogP contribution in [0.15, 0.2) is 72.8 Å². The Labute approximate surface area is 240 Å². The molecule has 1 heterocycles. The second-order valence-corrected chi connectivity index (χ2v) is 10.8. The number of nitrogens with zero attached hydrogens (tertiary/aromatic N) is 2. The normalized spacial score (nSPS) is 16.0. The molecular weight excluding hydrogens is 519 g/mol. The predicted molar refractivity (Wildman–Crippen MR) is 158 cm³/mol. The summed E-state index contributed by atoms with van der Waals surface area (Å²) in [5.41, 5.74) is 3.60. The van der Waals surface area contributed by atoms with Gasteiger partial charge in [-0.1, -0.05) is 55.8 Å². The summed E-state index contributed by atoms with van der Waals surface area (Å²) in [6.07, 6.45) is 3.57. The first kappa shape index (κ1) is 28.3. The topological polar surface area (TPSA) is 81.8 Å². The Morgan fingerprint density at radius 2 is 1.63 bits per heavy atom. The molecule has 0 radical (unpaired) electrons. The highest BCUT2D eigenvalue weighted by molar-refractivity contribution is 6.02. The van der Waals surface area contributed by atoms with Crippen molar-refractivity contribution in [2.75, 3.05) is 36.4 Å². The van der Waals surface area contributed by atoms with E-state index in [1.807, 2.05) is 54.3 Å². The Hall–Kier alpha value is -4.20. The van der Waals surface area contributed by atoms with Crippen LogP contribution < -0.4 is 15.5 Å². The van der Waals surface area contributed by atoms with E-state index < -0.39 is 0 Å². The molecule has 0 unspecified atom stereocenters. The van der Waals surface area contributed by atoms with Crippen LogP contribution in [0.1, 0.15) is 60.0 Å². The van der Waals surface area contributed by atoms with Gasteiger partial charge in [0, 0.05) is 50.0 Å². The highest BCUT2D eigenvalue weighted by atomic mass is 19.1. The van der Waals surface area contributed by atoms with Crippen molar-refractivity contribution in [2.24, 2.45) is 5.92 Å². The van der Waals surface area contributed by atoms with E-state index in [0.29, 0.717) is 37.4 Å².